The van der Waals surface area contributed by atoms with Gasteiger partial charge < -0.3 is 25.0 Å². The maximum atomic E-state index is 14.0. The van der Waals surface area contributed by atoms with Crippen LogP contribution in [0.5, 0.6) is 0 Å². The maximum absolute atomic E-state index is 14.0. The molecule has 0 unspecified atom stereocenters. The molecule has 6 rings (SSSR count). The van der Waals surface area contributed by atoms with Crippen LogP contribution in [0.3, 0.4) is 0 Å². The van der Waals surface area contributed by atoms with E-state index in [1.807, 2.05) is 0 Å². The highest BCUT2D eigenvalue weighted by atomic mass is 35.5. The van der Waals surface area contributed by atoms with Crippen LogP contribution in [0, 0.1) is 11.8 Å². The number of likely N-dealkylation sites (tertiary alicyclic amines) is 1. The lowest BCUT2D eigenvalue weighted by atomic mass is 9.75. The lowest BCUT2D eigenvalue weighted by molar-refractivity contribution is -0.134. The predicted octanol–water partition coefficient (Wildman–Crippen LogP) is 4.57. The zero-order valence-corrected chi connectivity index (χ0v) is 24.8. The number of tetrazole rings is 1. The lowest BCUT2D eigenvalue weighted by Crippen LogP contribution is -2.47. The molecule has 0 spiro atoms. The average Bonchev–Trinajstić information content (AvgIpc) is 3.80. The molecule has 228 valence electrons. The normalized spacial score (nSPS) is 22.1. The third-order valence-electron chi connectivity index (χ3n) is 8.76. The summed E-state index contributed by atoms with van der Waals surface area (Å²) in [6.07, 6.45) is 9.21. The molecule has 1 saturated heterocycles. The smallest absolute Gasteiger partial charge is 0.352 e. The summed E-state index contributed by atoms with van der Waals surface area (Å²) >= 11 is 6.26. The first-order chi connectivity index (χ1) is 21.3. The number of hydrogen-bond donors (Lipinski definition) is 3. The Morgan fingerprint density at radius 2 is 1.91 bits per heavy atom. The van der Waals surface area contributed by atoms with Crippen LogP contribution in [0.1, 0.15) is 48.2 Å². The molecule has 3 N–H and O–H groups in total. The van der Waals surface area contributed by atoms with Crippen molar-refractivity contribution in [3.05, 3.63) is 71.1 Å². The second kappa shape index (κ2) is 12.6. The van der Waals surface area contributed by atoms with Crippen molar-refractivity contribution in [2.45, 2.75) is 44.2 Å². The van der Waals surface area contributed by atoms with Gasteiger partial charge in [0.25, 0.3) is 0 Å². The highest BCUT2D eigenvalue weighted by Gasteiger charge is 2.45. The number of methoxy groups -OCH3 is 1. The molecule has 0 radical (unpaired) electrons. The van der Waals surface area contributed by atoms with Crippen molar-refractivity contribution in [1.82, 2.24) is 30.1 Å². The van der Waals surface area contributed by atoms with Gasteiger partial charge in [-0.15, -0.1) is 5.10 Å². The van der Waals surface area contributed by atoms with Gasteiger partial charge in [0.05, 0.1) is 11.8 Å². The van der Waals surface area contributed by atoms with Crippen LogP contribution in [0.15, 0.2) is 54.9 Å². The number of carboxylic acid groups (broad SMARTS) is 1. The zero-order chi connectivity index (χ0) is 30.8. The number of aromatic carboxylic acids is 1. The van der Waals surface area contributed by atoms with Gasteiger partial charge >= 0.3 is 5.97 Å². The summed E-state index contributed by atoms with van der Waals surface area (Å²) in [6, 6.07) is 11.2. The number of anilines is 1. The van der Waals surface area contributed by atoms with Crippen molar-refractivity contribution < 1.29 is 24.2 Å². The molecule has 1 aliphatic heterocycles. The Kier molecular flexibility index (Phi) is 8.45. The first-order valence-corrected chi connectivity index (χ1v) is 14.9. The number of ether oxygens (including phenoxy) is 1. The molecule has 2 fully saturated rings. The molecule has 0 bridgehead atoms. The van der Waals surface area contributed by atoms with Crippen LogP contribution < -0.4 is 5.32 Å². The minimum absolute atomic E-state index is 0.0114. The second-order valence-corrected chi connectivity index (χ2v) is 11.7. The first-order valence-electron chi connectivity index (χ1n) is 14.5. The van der Waals surface area contributed by atoms with Crippen LogP contribution in [-0.4, -0.2) is 78.8 Å². The average molecular weight is 618 g/mol. The van der Waals surface area contributed by atoms with Gasteiger partial charge in [0, 0.05) is 46.9 Å². The number of hydrogen-bond acceptors (Lipinski definition) is 7. The molecule has 2 aliphatic rings. The largest absolute Gasteiger partial charge is 0.477 e. The van der Waals surface area contributed by atoms with E-state index in [2.05, 4.69) is 25.8 Å². The van der Waals surface area contributed by atoms with Gasteiger partial charge in [0.1, 0.15) is 18.1 Å². The van der Waals surface area contributed by atoms with E-state index in [0.29, 0.717) is 45.8 Å². The molecule has 13 heteroatoms. The number of halogens is 1. The number of aromatic nitrogens is 5. The standard InChI is InChI=1S/C31H32ClN7O5/c1-44-23-7-2-18(3-8-23)24-12-13-38(28(40)11-4-19-14-21(32)5-10-27(19)39-17-33-36-37-39)29(24)30(41)34-22-6-9-25-20(15-22)16-26(35-25)31(42)43/h4-6,9-11,14-18,23-24,29,35H,2-3,7-8,12-13H2,1H3,(H,34,41)(H,42,43)/b11-4+/t18?,23?,24-,29-/m0/s1. The summed E-state index contributed by atoms with van der Waals surface area (Å²) in [5.41, 5.74) is 2.54. The van der Waals surface area contributed by atoms with E-state index in [1.165, 1.54) is 23.2 Å². The van der Waals surface area contributed by atoms with Crippen molar-refractivity contribution in [2.75, 3.05) is 19.0 Å². The number of rotatable bonds is 8. The van der Waals surface area contributed by atoms with Gasteiger partial charge in [-0.25, -0.2) is 4.79 Å². The van der Waals surface area contributed by atoms with Gasteiger partial charge in [0.2, 0.25) is 11.8 Å². The van der Waals surface area contributed by atoms with E-state index >= 15 is 0 Å². The van der Waals surface area contributed by atoms with Crippen molar-refractivity contribution in [1.29, 1.82) is 0 Å². The van der Waals surface area contributed by atoms with Gasteiger partial charge in [-0.1, -0.05) is 11.6 Å². The third-order valence-corrected chi connectivity index (χ3v) is 9.00. The summed E-state index contributed by atoms with van der Waals surface area (Å²) < 4.78 is 7.06. The Hall–Kier alpha value is -4.55. The van der Waals surface area contributed by atoms with Crippen molar-refractivity contribution >= 4 is 52.1 Å². The summed E-state index contributed by atoms with van der Waals surface area (Å²) in [7, 11) is 1.73. The maximum Gasteiger partial charge on any atom is 0.352 e. The molecule has 4 aromatic rings. The molecule has 2 amide bonds. The number of amides is 2. The SMILES string of the molecule is COC1CCC([C@@H]2CCN(C(=O)/C=C/c3cc(Cl)ccc3-n3cnnn3)[C@@H]2C(=O)Nc2ccc3[nH]c(C(=O)O)cc3c2)CC1. The van der Waals surface area contributed by atoms with Crippen LogP contribution >= 0.6 is 11.6 Å². The molecule has 2 aromatic heterocycles. The van der Waals surface area contributed by atoms with E-state index in [4.69, 9.17) is 16.3 Å². The molecule has 12 nitrogen and oxygen atoms in total. The first kappa shape index (κ1) is 29.5. The van der Waals surface area contributed by atoms with Gasteiger partial charge in [-0.3, -0.25) is 9.59 Å². The van der Waals surface area contributed by atoms with E-state index in [0.717, 1.165) is 25.7 Å². The highest BCUT2D eigenvalue weighted by molar-refractivity contribution is 6.30. The molecule has 1 saturated carbocycles. The summed E-state index contributed by atoms with van der Waals surface area (Å²) in [5.74, 6) is -1.35. The van der Waals surface area contributed by atoms with Crippen molar-refractivity contribution in [3.63, 3.8) is 0 Å². The number of nitrogens with zero attached hydrogens (tertiary/aromatic N) is 5. The lowest BCUT2D eigenvalue weighted by Gasteiger charge is -2.35. The number of aromatic amines is 1. The van der Waals surface area contributed by atoms with Crippen LogP contribution in [0.2, 0.25) is 5.02 Å². The third kappa shape index (κ3) is 6.08. The van der Waals surface area contributed by atoms with Crippen LogP contribution in [0.4, 0.5) is 5.69 Å². The summed E-state index contributed by atoms with van der Waals surface area (Å²) in [4.78, 5) is 43.6. The Labute approximate surface area is 258 Å². The molecule has 2 atom stereocenters. The number of carboxylic acids is 1. The number of fused-ring (bicyclic) bond motifs is 1. The number of carbonyl (C=O) groups is 3. The van der Waals surface area contributed by atoms with Gasteiger partial charge in [0.15, 0.2) is 0 Å². The summed E-state index contributed by atoms with van der Waals surface area (Å²) in [5, 5.41) is 24.8. The molecule has 44 heavy (non-hydrogen) atoms. The van der Waals surface area contributed by atoms with Crippen molar-refractivity contribution in [3.8, 4) is 5.69 Å². The predicted molar refractivity (Wildman–Crippen MR) is 163 cm³/mol. The number of H-pyrrole nitrogens is 1. The molecular weight excluding hydrogens is 586 g/mol. The fourth-order valence-corrected chi connectivity index (χ4v) is 6.76. The molecular formula is C31H32ClN7O5. The van der Waals surface area contributed by atoms with Crippen LogP contribution in [0.25, 0.3) is 22.7 Å². The van der Waals surface area contributed by atoms with Gasteiger partial charge in [-0.2, -0.15) is 4.68 Å². The van der Waals surface area contributed by atoms with E-state index < -0.39 is 12.0 Å². The zero-order valence-electron chi connectivity index (χ0n) is 24.0. The fraction of sp³-hybridized carbons (Fsp3) is 0.355. The number of benzene rings is 2. The molecule has 1 aliphatic carbocycles. The Bertz CT molecular complexity index is 1710. The van der Waals surface area contributed by atoms with E-state index in [9.17, 15) is 19.5 Å². The van der Waals surface area contributed by atoms with Crippen LogP contribution in [-0.2, 0) is 14.3 Å². The summed E-state index contributed by atoms with van der Waals surface area (Å²) in [6.45, 7) is 0.449. The van der Waals surface area contributed by atoms with Gasteiger partial charge in [-0.05, 0) is 103 Å². The van der Waals surface area contributed by atoms with Crippen molar-refractivity contribution in [2.24, 2.45) is 11.8 Å². The monoisotopic (exact) mass is 617 g/mol. The molecule has 2 aromatic carbocycles. The number of carbonyl (C=O) groups excluding carboxylic acids is 2. The minimum Gasteiger partial charge on any atom is -0.477 e. The topological polar surface area (TPSA) is 155 Å². The Balaban J connectivity index is 1.26. The Morgan fingerprint density at radius 3 is 2.64 bits per heavy atom. The molecule has 3 heterocycles. The van der Waals surface area contributed by atoms with E-state index in [1.54, 1.807) is 54.5 Å². The number of nitrogens with one attached hydrogen (secondary N) is 2. The fourth-order valence-electron chi connectivity index (χ4n) is 6.58. The highest BCUT2D eigenvalue weighted by Crippen LogP contribution is 2.40. The minimum atomic E-state index is -1.06. The Morgan fingerprint density at radius 1 is 1.09 bits per heavy atom. The second-order valence-electron chi connectivity index (χ2n) is 11.3. The van der Waals surface area contributed by atoms with E-state index in [-0.39, 0.29) is 35.4 Å². The quantitative estimate of drug-likeness (QED) is 0.243.